The molecule has 1 aromatic carbocycles. The molecule has 2 amide bonds. The molecule has 2 saturated heterocycles. The summed E-state index contributed by atoms with van der Waals surface area (Å²) in [6.45, 7) is 4.69. The fourth-order valence-electron chi connectivity index (χ4n) is 4.96. The van der Waals surface area contributed by atoms with Crippen LogP contribution in [0, 0.1) is 5.92 Å². The van der Waals surface area contributed by atoms with Crippen LogP contribution in [0.3, 0.4) is 0 Å². The summed E-state index contributed by atoms with van der Waals surface area (Å²) in [5, 5.41) is 7.32. The number of fused-ring (bicyclic) bond motifs is 3. The predicted octanol–water partition coefficient (Wildman–Crippen LogP) is 3.76. The molecular formula is C24H29ClN6O. The highest BCUT2D eigenvalue weighted by Gasteiger charge is 2.39. The van der Waals surface area contributed by atoms with Crippen molar-refractivity contribution < 1.29 is 4.79 Å². The fraction of sp³-hybridized carbons (Fsp3) is 0.458. The predicted molar refractivity (Wildman–Crippen MR) is 126 cm³/mol. The molecule has 32 heavy (non-hydrogen) atoms. The second-order valence-electron chi connectivity index (χ2n) is 8.98. The molecule has 8 heteroatoms. The Labute approximate surface area is 193 Å². The average Bonchev–Trinajstić information content (AvgIpc) is 3.30. The Morgan fingerprint density at radius 3 is 2.75 bits per heavy atom. The highest BCUT2D eigenvalue weighted by molar-refractivity contribution is 6.30. The zero-order valence-electron chi connectivity index (χ0n) is 18.3. The minimum atomic E-state index is 0.0895. The molecule has 168 valence electrons. The zero-order valence-corrected chi connectivity index (χ0v) is 19.1. The maximum absolute atomic E-state index is 12.8. The Morgan fingerprint density at radius 2 is 2.00 bits per heavy atom. The van der Waals surface area contributed by atoms with Gasteiger partial charge in [-0.25, -0.2) is 14.8 Å². The van der Waals surface area contributed by atoms with E-state index >= 15 is 0 Å². The minimum absolute atomic E-state index is 0.0895. The van der Waals surface area contributed by atoms with Gasteiger partial charge >= 0.3 is 6.03 Å². The first-order valence-electron chi connectivity index (χ1n) is 11.4. The van der Waals surface area contributed by atoms with Crippen molar-refractivity contribution in [2.75, 3.05) is 19.6 Å². The molecule has 2 fully saturated rings. The first-order chi connectivity index (χ1) is 15.6. The van der Waals surface area contributed by atoms with E-state index in [1.165, 1.54) is 0 Å². The van der Waals surface area contributed by atoms with Gasteiger partial charge in [-0.15, -0.1) is 0 Å². The van der Waals surface area contributed by atoms with Crippen molar-refractivity contribution in [2.45, 2.75) is 44.7 Å². The number of amides is 2. The SMILES string of the molecule is CC(CCc1c(-c2ccc(Cl)cc2)nc2ncccn12)CNC(=O)N1C2CCC1CNC2. The summed E-state index contributed by atoms with van der Waals surface area (Å²) in [6, 6.07) is 10.5. The summed E-state index contributed by atoms with van der Waals surface area (Å²) >= 11 is 6.08. The number of rotatable bonds is 6. The first kappa shape index (κ1) is 21.2. The van der Waals surface area contributed by atoms with Gasteiger partial charge in [0, 0.05) is 54.7 Å². The van der Waals surface area contributed by atoms with E-state index in [4.69, 9.17) is 16.6 Å². The van der Waals surface area contributed by atoms with Gasteiger partial charge in [0.25, 0.3) is 0 Å². The molecule has 3 unspecified atom stereocenters. The fourth-order valence-corrected chi connectivity index (χ4v) is 5.09. The highest BCUT2D eigenvalue weighted by Crippen LogP contribution is 2.28. The van der Waals surface area contributed by atoms with Gasteiger partial charge in [-0.3, -0.25) is 4.40 Å². The van der Waals surface area contributed by atoms with Gasteiger partial charge < -0.3 is 15.5 Å². The summed E-state index contributed by atoms with van der Waals surface area (Å²) in [4.78, 5) is 24.1. The van der Waals surface area contributed by atoms with E-state index in [0.717, 1.165) is 55.7 Å². The van der Waals surface area contributed by atoms with Crippen LogP contribution < -0.4 is 10.6 Å². The average molecular weight is 453 g/mol. The van der Waals surface area contributed by atoms with Gasteiger partial charge in [-0.05, 0) is 49.8 Å². The second-order valence-corrected chi connectivity index (χ2v) is 9.42. The molecule has 0 spiro atoms. The molecule has 0 saturated carbocycles. The number of aromatic nitrogens is 3. The van der Waals surface area contributed by atoms with E-state index < -0.39 is 0 Å². The largest absolute Gasteiger partial charge is 0.338 e. The number of nitrogens with zero attached hydrogens (tertiary/aromatic N) is 4. The standard InChI is InChI=1S/C24H29ClN6O/c1-16(13-28-24(32)31-19-8-9-20(31)15-26-14-19)3-10-21-22(17-4-6-18(25)7-5-17)29-23-27-11-2-12-30(21)23/h2,4-7,11-12,16,19-20,26H,3,8-10,13-15H2,1H3,(H,28,32). The number of halogens is 1. The number of piperazine rings is 1. The van der Waals surface area contributed by atoms with Crippen LogP contribution in [0.4, 0.5) is 4.79 Å². The normalized spacial score (nSPS) is 21.1. The van der Waals surface area contributed by atoms with E-state index in [1.54, 1.807) is 6.20 Å². The van der Waals surface area contributed by atoms with Gasteiger partial charge in [0.2, 0.25) is 5.78 Å². The van der Waals surface area contributed by atoms with Crippen LogP contribution in [0.5, 0.6) is 0 Å². The molecule has 2 N–H and O–H groups in total. The minimum Gasteiger partial charge on any atom is -0.338 e. The van der Waals surface area contributed by atoms with Crippen molar-refractivity contribution in [1.82, 2.24) is 29.9 Å². The number of hydrogen-bond acceptors (Lipinski definition) is 4. The molecule has 3 atom stereocenters. The smallest absolute Gasteiger partial charge is 0.317 e. The molecule has 2 bridgehead atoms. The monoisotopic (exact) mass is 452 g/mol. The molecule has 0 aliphatic carbocycles. The Kier molecular flexibility index (Phi) is 6.02. The summed E-state index contributed by atoms with van der Waals surface area (Å²) in [5.41, 5.74) is 3.10. The van der Waals surface area contributed by atoms with E-state index in [1.807, 2.05) is 36.5 Å². The van der Waals surface area contributed by atoms with Crippen molar-refractivity contribution in [3.63, 3.8) is 0 Å². The topological polar surface area (TPSA) is 74.6 Å². The number of carbonyl (C=O) groups excluding carboxylic acids is 1. The number of carbonyl (C=O) groups is 1. The van der Waals surface area contributed by atoms with Crippen molar-refractivity contribution in [3.05, 3.63) is 53.4 Å². The Hall–Kier alpha value is -2.64. The van der Waals surface area contributed by atoms with E-state index in [2.05, 4.69) is 31.8 Å². The number of imidazole rings is 1. The first-order valence-corrected chi connectivity index (χ1v) is 11.8. The van der Waals surface area contributed by atoms with Crippen LogP contribution in [0.2, 0.25) is 5.02 Å². The molecule has 2 aromatic heterocycles. The molecular weight excluding hydrogens is 424 g/mol. The Balaban J connectivity index is 1.25. The lowest BCUT2D eigenvalue weighted by molar-refractivity contribution is 0.153. The highest BCUT2D eigenvalue weighted by atomic mass is 35.5. The Morgan fingerprint density at radius 1 is 1.25 bits per heavy atom. The molecule has 7 nitrogen and oxygen atoms in total. The van der Waals surface area contributed by atoms with Gasteiger partial charge in [-0.2, -0.15) is 0 Å². The van der Waals surface area contributed by atoms with Crippen molar-refractivity contribution in [1.29, 1.82) is 0 Å². The maximum Gasteiger partial charge on any atom is 0.317 e. The lowest BCUT2D eigenvalue weighted by Crippen LogP contribution is -2.57. The third-order valence-corrected chi connectivity index (χ3v) is 6.96. The molecule has 2 aliphatic rings. The maximum atomic E-state index is 12.8. The quantitative estimate of drug-likeness (QED) is 0.597. The van der Waals surface area contributed by atoms with E-state index in [9.17, 15) is 4.79 Å². The number of urea groups is 1. The number of aryl methyl sites for hydroxylation is 1. The van der Waals surface area contributed by atoms with E-state index in [-0.39, 0.29) is 6.03 Å². The summed E-state index contributed by atoms with van der Waals surface area (Å²) < 4.78 is 2.06. The van der Waals surface area contributed by atoms with Crippen LogP contribution >= 0.6 is 11.6 Å². The van der Waals surface area contributed by atoms with Gasteiger partial charge in [0.15, 0.2) is 0 Å². The molecule has 2 aliphatic heterocycles. The lowest BCUT2D eigenvalue weighted by Gasteiger charge is -2.35. The van der Waals surface area contributed by atoms with Gasteiger partial charge in [0.05, 0.1) is 11.4 Å². The summed E-state index contributed by atoms with van der Waals surface area (Å²) in [7, 11) is 0. The zero-order chi connectivity index (χ0) is 22.1. The molecule has 5 rings (SSSR count). The third kappa shape index (κ3) is 4.19. The van der Waals surface area contributed by atoms with Crippen molar-refractivity contribution in [2.24, 2.45) is 5.92 Å². The van der Waals surface area contributed by atoms with Gasteiger partial charge in [-0.1, -0.05) is 30.7 Å². The van der Waals surface area contributed by atoms with Crippen LogP contribution in [0.1, 0.15) is 31.9 Å². The van der Waals surface area contributed by atoms with Crippen molar-refractivity contribution in [3.8, 4) is 11.3 Å². The number of nitrogens with one attached hydrogen (secondary N) is 2. The third-order valence-electron chi connectivity index (χ3n) is 6.71. The second kappa shape index (κ2) is 9.08. The number of benzene rings is 1. The van der Waals surface area contributed by atoms with Crippen LogP contribution in [0.15, 0.2) is 42.7 Å². The van der Waals surface area contributed by atoms with Gasteiger partial charge in [0.1, 0.15) is 0 Å². The van der Waals surface area contributed by atoms with Crippen LogP contribution in [-0.4, -0.2) is 57.0 Å². The van der Waals surface area contributed by atoms with Crippen LogP contribution in [-0.2, 0) is 6.42 Å². The number of hydrogen-bond donors (Lipinski definition) is 2. The Bertz CT molecular complexity index is 1080. The molecule has 0 radical (unpaired) electrons. The molecule has 4 heterocycles. The molecule has 3 aromatic rings. The van der Waals surface area contributed by atoms with Crippen LogP contribution in [0.25, 0.3) is 17.0 Å². The summed E-state index contributed by atoms with van der Waals surface area (Å²) in [5.74, 6) is 1.04. The lowest BCUT2D eigenvalue weighted by atomic mass is 10.0. The summed E-state index contributed by atoms with van der Waals surface area (Å²) in [6.07, 6.45) is 7.78. The van der Waals surface area contributed by atoms with Crippen molar-refractivity contribution >= 4 is 23.4 Å². The van der Waals surface area contributed by atoms with E-state index in [0.29, 0.717) is 35.3 Å².